The van der Waals surface area contributed by atoms with Crippen LogP contribution in [0.25, 0.3) is 0 Å². The quantitative estimate of drug-likeness (QED) is 0.413. The number of ether oxygens (including phenoxy) is 1. The van der Waals surface area contributed by atoms with Crippen molar-refractivity contribution in [1.29, 1.82) is 0 Å². The number of esters is 1. The first-order chi connectivity index (χ1) is 6.15. The summed E-state index contributed by atoms with van der Waals surface area (Å²) in [6.45, 7) is 0. The van der Waals surface area contributed by atoms with Crippen LogP contribution in [-0.4, -0.2) is 18.9 Å². The van der Waals surface area contributed by atoms with Crippen molar-refractivity contribution in [3.05, 3.63) is 34.9 Å². The van der Waals surface area contributed by atoms with Gasteiger partial charge in [0, 0.05) is 10.6 Å². The lowest BCUT2D eigenvalue weighted by Crippen LogP contribution is -2.15. The van der Waals surface area contributed by atoms with Gasteiger partial charge in [-0.1, -0.05) is 23.7 Å². The Hall–Kier alpha value is -1.35. The summed E-state index contributed by atoms with van der Waals surface area (Å²) < 4.78 is 4.27. The topological polar surface area (TPSA) is 43.4 Å². The van der Waals surface area contributed by atoms with Crippen molar-refractivity contribution in [1.82, 2.24) is 0 Å². The van der Waals surface area contributed by atoms with Crippen LogP contribution < -0.4 is 0 Å². The van der Waals surface area contributed by atoms with Crippen LogP contribution in [0.15, 0.2) is 24.3 Å². The number of hydrogen-bond donors (Lipinski definition) is 0. The number of rotatable bonds is 2. The van der Waals surface area contributed by atoms with E-state index in [1.807, 2.05) is 0 Å². The van der Waals surface area contributed by atoms with Gasteiger partial charge in [0.05, 0.1) is 7.11 Å². The van der Waals surface area contributed by atoms with Crippen molar-refractivity contribution < 1.29 is 14.3 Å². The third-order valence-electron chi connectivity index (χ3n) is 1.46. The number of halogens is 1. The predicted octanol–water partition coefficient (Wildman–Crippen LogP) is 1.70. The zero-order chi connectivity index (χ0) is 9.84. The third-order valence-corrected chi connectivity index (χ3v) is 1.69. The number of Topliss-reactive ketones (excluding diaryl/α,β-unsaturated/α-hetero) is 1. The van der Waals surface area contributed by atoms with Crippen molar-refractivity contribution in [2.24, 2.45) is 0 Å². The Morgan fingerprint density at radius 1 is 1.38 bits per heavy atom. The molecule has 0 N–H and O–H groups in total. The fraction of sp³-hybridized carbons (Fsp3) is 0.111. The molecule has 0 unspecified atom stereocenters. The first-order valence-electron chi connectivity index (χ1n) is 3.53. The minimum absolute atomic E-state index is 0.236. The zero-order valence-corrected chi connectivity index (χ0v) is 7.67. The van der Waals surface area contributed by atoms with Gasteiger partial charge >= 0.3 is 5.97 Å². The number of ketones is 1. The van der Waals surface area contributed by atoms with E-state index in [-0.39, 0.29) is 5.56 Å². The van der Waals surface area contributed by atoms with Crippen molar-refractivity contribution >= 4 is 23.4 Å². The maximum Gasteiger partial charge on any atom is 0.379 e. The van der Waals surface area contributed by atoms with Gasteiger partial charge < -0.3 is 4.74 Å². The minimum Gasteiger partial charge on any atom is -0.463 e. The maximum absolute atomic E-state index is 11.2. The van der Waals surface area contributed by atoms with Gasteiger partial charge in [-0.05, 0) is 12.1 Å². The molecule has 0 atom stereocenters. The SMILES string of the molecule is COC(=O)C(=O)c1cccc(Cl)c1. The van der Waals surface area contributed by atoms with Gasteiger partial charge in [-0.3, -0.25) is 4.79 Å². The molecule has 0 aliphatic carbocycles. The van der Waals surface area contributed by atoms with E-state index < -0.39 is 11.8 Å². The summed E-state index contributed by atoms with van der Waals surface area (Å²) in [6, 6.07) is 6.14. The number of hydrogen-bond acceptors (Lipinski definition) is 3. The van der Waals surface area contributed by atoms with Crippen LogP contribution in [0, 0.1) is 0 Å². The molecule has 0 aliphatic rings. The predicted molar refractivity (Wildman–Crippen MR) is 47.8 cm³/mol. The van der Waals surface area contributed by atoms with Crippen LogP contribution in [0.2, 0.25) is 5.02 Å². The van der Waals surface area contributed by atoms with Gasteiger partial charge in [-0.15, -0.1) is 0 Å². The molecular weight excluding hydrogens is 192 g/mol. The molecule has 1 aromatic carbocycles. The van der Waals surface area contributed by atoms with E-state index in [9.17, 15) is 9.59 Å². The normalized spacial score (nSPS) is 9.38. The Labute approximate surface area is 80.3 Å². The Balaban J connectivity index is 2.95. The lowest BCUT2D eigenvalue weighted by Gasteiger charge is -1.98. The third kappa shape index (κ3) is 2.29. The summed E-state index contributed by atoms with van der Waals surface area (Å²) in [5, 5.41) is 0.412. The average molecular weight is 199 g/mol. The van der Waals surface area contributed by atoms with Crippen molar-refractivity contribution in [2.45, 2.75) is 0 Å². The minimum atomic E-state index is -0.887. The van der Waals surface area contributed by atoms with Crippen LogP contribution in [-0.2, 0) is 9.53 Å². The molecule has 0 aromatic heterocycles. The lowest BCUT2D eigenvalue weighted by atomic mass is 10.1. The maximum atomic E-state index is 11.2. The molecule has 0 saturated carbocycles. The van der Waals surface area contributed by atoms with E-state index in [0.29, 0.717) is 5.02 Å². The highest BCUT2D eigenvalue weighted by Gasteiger charge is 2.16. The average Bonchev–Trinajstić information content (AvgIpc) is 2.15. The first-order valence-corrected chi connectivity index (χ1v) is 3.91. The van der Waals surface area contributed by atoms with Gasteiger partial charge in [0.2, 0.25) is 0 Å². The summed E-state index contributed by atoms with van der Waals surface area (Å²) in [6.07, 6.45) is 0. The lowest BCUT2D eigenvalue weighted by molar-refractivity contribution is -0.135. The number of methoxy groups -OCH3 is 1. The Kier molecular flexibility index (Phi) is 3.03. The van der Waals surface area contributed by atoms with Crippen molar-refractivity contribution in [3.8, 4) is 0 Å². The van der Waals surface area contributed by atoms with Gasteiger partial charge in [-0.25, -0.2) is 4.79 Å². The Bertz CT molecular complexity index is 346. The Morgan fingerprint density at radius 2 is 2.08 bits per heavy atom. The summed E-state index contributed by atoms with van der Waals surface area (Å²) in [4.78, 5) is 22.0. The second-order valence-electron chi connectivity index (χ2n) is 2.33. The molecule has 0 bridgehead atoms. The van der Waals surface area contributed by atoms with Gasteiger partial charge in [0.1, 0.15) is 0 Å². The monoisotopic (exact) mass is 198 g/mol. The highest BCUT2D eigenvalue weighted by molar-refractivity contribution is 6.41. The first kappa shape index (κ1) is 9.74. The van der Waals surface area contributed by atoms with Gasteiger partial charge in [-0.2, -0.15) is 0 Å². The molecule has 0 amide bonds. The molecule has 1 rings (SSSR count). The fourth-order valence-electron chi connectivity index (χ4n) is 0.840. The summed E-state index contributed by atoms with van der Waals surface area (Å²) in [5.74, 6) is -1.58. The molecule has 1 aromatic rings. The van der Waals surface area contributed by atoms with Gasteiger partial charge in [0.15, 0.2) is 0 Å². The fourth-order valence-corrected chi connectivity index (χ4v) is 1.03. The van der Waals surface area contributed by atoms with Crippen molar-refractivity contribution in [3.63, 3.8) is 0 Å². The molecule has 0 radical (unpaired) electrons. The van der Waals surface area contributed by atoms with E-state index in [1.165, 1.54) is 12.1 Å². The molecule has 68 valence electrons. The number of carbonyl (C=O) groups excluding carboxylic acids is 2. The second-order valence-corrected chi connectivity index (χ2v) is 2.77. The van der Waals surface area contributed by atoms with E-state index >= 15 is 0 Å². The molecule has 3 nitrogen and oxygen atoms in total. The molecule has 0 heterocycles. The van der Waals surface area contributed by atoms with E-state index in [1.54, 1.807) is 12.1 Å². The second kappa shape index (κ2) is 4.05. The van der Waals surface area contributed by atoms with Crippen LogP contribution in [0.4, 0.5) is 0 Å². The smallest absolute Gasteiger partial charge is 0.379 e. The van der Waals surface area contributed by atoms with Crippen LogP contribution >= 0.6 is 11.6 Å². The van der Waals surface area contributed by atoms with Gasteiger partial charge in [0.25, 0.3) is 5.78 Å². The number of carbonyl (C=O) groups is 2. The standard InChI is InChI=1S/C9H7ClO3/c1-13-9(12)8(11)6-3-2-4-7(10)5-6/h2-5H,1H3. The summed E-state index contributed by atoms with van der Waals surface area (Å²) >= 11 is 5.63. The highest BCUT2D eigenvalue weighted by atomic mass is 35.5. The molecule has 0 aliphatic heterocycles. The molecular formula is C9H7ClO3. The van der Waals surface area contributed by atoms with Crippen LogP contribution in [0.5, 0.6) is 0 Å². The summed E-state index contributed by atoms with van der Waals surface area (Å²) in [5.41, 5.74) is 0.236. The number of benzene rings is 1. The molecule has 13 heavy (non-hydrogen) atoms. The van der Waals surface area contributed by atoms with Crippen LogP contribution in [0.1, 0.15) is 10.4 Å². The van der Waals surface area contributed by atoms with Crippen LogP contribution in [0.3, 0.4) is 0 Å². The summed E-state index contributed by atoms with van der Waals surface area (Å²) in [7, 11) is 1.16. The molecule has 0 spiro atoms. The van der Waals surface area contributed by atoms with E-state index in [0.717, 1.165) is 7.11 Å². The zero-order valence-electron chi connectivity index (χ0n) is 6.91. The van der Waals surface area contributed by atoms with E-state index in [4.69, 9.17) is 11.6 Å². The molecule has 0 fully saturated rings. The highest BCUT2D eigenvalue weighted by Crippen LogP contribution is 2.11. The molecule has 0 saturated heterocycles. The Morgan fingerprint density at radius 3 is 2.62 bits per heavy atom. The van der Waals surface area contributed by atoms with E-state index in [2.05, 4.69) is 4.74 Å². The largest absolute Gasteiger partial charge is 0.463 e. The molecule has 4 heteroatoms. The van der Waals surface area contributed by atoms with Crippen molar-refractivity contribution in [2.75, 3.05) is 7.11 Å².